The Labute approximate surface area is 146 Å². The van der Waals surface area contributed by atoms with Crippen molar-refractivity contribution in [1.82, 2.24) is 0 Å². The van der Waals surface area contributed by atoms with Crippen LogP contribution in [0.3, 0.4) is 0 Å². The Morgan fingerprint density at radius 1 is 1.36 bits per heavy atom. The molecule has 2 nitrogen and oxygen atoms in total. The third kappa shape index (κ3) is 2.78. The molecule has 1 aromatic carbocycles. The number of rotatable bonds is 1. The number of halogens is 1. The monoisotopic (exact) mass is 410 g/mol. The second-order valence-electron chi connectivity index (χ2n) is 7.08. The van der Waals surface area contributed by atoms with Gasteiger partial charge in [-0.15, -0.1) is 0 Å². The molecule has 3 heteroatoms. The molecule has 0 spiro atoms. The second-order valence-corrected chi connectivity index (χ2v) is 8.33. The lowest BCUT2D eigenvalue weighted by Gasteiger charge is -2.49. The zero-order chi connectivity index (χ0) is 15.9. The molecule has 1 N–H and O–H groups in total. The fourth-order valence-corrected chi connectivity index (χ4v) is 4.90. The minimum absolute atomic E-state index is 0.224. The Kier molecular flexibility index (Phi) is 4.47. The number of Topliss-reactive ketones (excluding diaryl/α,β-unsaturated/α-hetero) is 1. The van der Waals surface area contributed by atoms with Gasteiger partial charge in [-0.3, -0.25) is 4.79 Å². The van der Waals surface area contributed by atoms with Crippen molar-refractivity contribution in [3.63, 3.8) is 0 Å². The van der Waals surface area contributed by atoms with Gasteiger partial charge < -0.3 is 5.11 Å². The number of ketones is 1. The summed E-state index contributed by atoms with van der Waals surface area (Å²) >= 11 is 2.30. The normalized spacial score (nSPS) is 37.2. The number of aliphatic hydroxyl groups is 1. The van der Waals surface area contributed by atoms with Gasteiger partial charge in [-0.25, -0.2) is 0 Å². The van der Waals surface area contributed by atoms with Gasteiger partial charge in [-0.2, -0.15) is 0 Å². The predicted molar refractivity (Wildman–Crippen MR) is 97.4 cm³/mol. The largest absolute Gasteiger partial charge is 0.393 e. The van der Waals surface area contributed by atoms with Crippen LogP contribution in [0.4, 0.5) is 0 Å². The summed E-state index contributed by atoms with van der Waals surface area (Å²) in [5.74, 6) is 0.847. The number of hydrogen-bond acceptors (Lipinski definition) is 2. The number of aliphatic hydroxyl groups excluding tert-OH is 1. The molecule has 1 aromatic rings. The molecule has 3 rings (SSSR count). The quantitative estimate of drug-likeness (QED) is 0.549. The van der Waals surface area contributed by atoms with Crippen molar-refractivity contribution in [2.24, 2.45) is 17.3 Å². The Balaban J connectivity index is 1.90. The average Bonchev–Trinajstić information content (AvgIpc) is 2.48. The Hall–Kier alpha value is -0.680. The van der Waals surface area contributed by atoms with Gasteiger partial charge in [-0.1, -0.05) is 26.0 Å². The van der Waals surface area contributed by atoms with Crippen molar-refractivity contribution in [3.05, 3.63) is 39.0 Å². The first-order chi connectivity index (χ1) is 10.4. The smallest absolute Gasteiger partial charge is 0.165 e. The number of hydrogen-bond donors (Lipinski definition) is 1. The summed E-state index contributed by atoms with van der Waals surface area (Å²) in [5, 5.41) is 10.1. The van der Waals surface area contributed by atoms with E-state index in [4.69, 9.17) is 0 Å². The van der Waals surface area contributed by atoms with Gasteiger partial charge in [-0.05, 0) is 89.5 Å². The van der Waals surface area contributed by atoms with E-state index < -0.39 is 0 Å². The lowest BCUT2D eigenvalue weighted by molar-refractivity contribution is -0.137. The van der Waals surface area contributed by atoms with Crippen LogP contribution in [-0.4, -0.2) is 17.0 Å². The molecule has 2 saturated carbocycles. The lowest BCUT2D eigenvalue weighted by Crippen LogP contribution is -2.50. The van der Waals surface area contributed by atoms with Gasteiger partial charge in [0.25, 0.3) is 0 Å². The molecular formula is C19H23IO2. The zero-order valence-corrected chi connectivity index (χ0v) is 15.3. The maximum absolute atomic E-state index is 13.1. The molecule has 0 amide bonds. The van der Waals surface area contributed by atoms with Crippen LogP contribution < -0.4 is 0 Å². The maximum Gasteiger partial charge on any atom is 0.165 e. The van der Waals surface area contributed by atoms with E-state index in [1.54, 1.807) is 0 Å². The van der Waals surface area contributed by atoms with Crippen molar-refractivity contribution in [1.29, 1.82) is 0 Å². The minimum Gasteiger partial charge on any atom is -0.393 e. The summed E-state index contributed by atoms with van der Waals surface area (Å²) in [6, 6.07) is 8.27. The molecule has 4 atom stereocenters. The summed E-state index contributed by atoms with van der Waals surface area (Å²) in [6.07, 6.45) is 5.23. The molecule has 2 aliphatic rings. The summed E-state index contributed by atoms with van der Waals surface area (Å²) in [7, 11) is 0. The average molecular weight is 410 g/mol. The summed E-state index contributed by atoms with van der Waals surface area (Å²) in [5.41, 5.74) is 1.79. The highest BCUT2D eigenvalue weighted by Crippen LogP contribution is 2.52. The molecule has 0 saturated heterocycles. The van der Waals surface area contributed by atoms with Crippen molar-refractivity contribution < 1.29 is 9.90 Å². The van der Waals surface area contributed by atoms with Crippen LogP contribution in [0.5, 0.6) is 0 Å². The van der Waals surface area contributed by atoms with E-state index in [1.165, 1.54) is 3.57 Å². The van der Waals surface area contributed by atoms with Crippen LogP contribution in [0, 0.1) is 20.8 Å². The Morgan fingerprint density at radius 2 is 2.14 bits per heavy atom. The van der Waals surface area contributed by atoms with Crippen molar-refractivity contribution >= 4 is 34.5 Å². The fourth-order valence-electron chi connectivity index (χ4n) is 4.33. The first-order valence-corrected chi connectivity index (χ1v) is 9.19. The second kappa shape index (κ2) is 6.08. The molecular weight excluding hydrogens is 387 g/mol. The van der Waals surface area contributed by atoms with Gasteiger partial charge in [0, 0.05) is 8.99 Å². The van der Waals surface area contributed by atoms with Crippen LogP contribution >= 0.6 is 22.6 Å². The highest BCUT2D eigenvalue weighted by Gasteiger charge is 2.51. The molecule has 22 heavy (non-hydrogen) atoms. The molecule has 0 heterocycles. The maximum atomic E-state index is 13.1. The molecule has 2 aliphatic carbocycles. The molecule has 0 aromatic heterocycles. The first-order valence-electron chi connectivity index (χ1n) is 8.11. The third-order valence-corrected chi connectivity index (χ3v) is 6.42. The minimum atomic E-state index is -0.287. The Bertz CT molecular complexity index is 622. The van der Waals surface area contributed by atoms with Gasteiger partial charge in [0.2, 0.25) is 0 Å². The van der Waals surface area contributed by atoms with E-state index in [2.05, 4.69) is 60.7 Å². The zero-order valence-electron chi connectivity index (χ0n) is 13.2. The Morgan fingerprint density at radius 3 is 2.86 bits per heavy atom. The topological polar surface area (TPSA) is 37.3 Å². The van der Waals surface area contributed by atoms with E-state index in [0.717, 1.165) is 36.8 Å². The number of carbonyl (C=O) groups is 1. The van der Waals surface area contributed by atoms with Gasteiger partial charge in [0.1, 0.15) is 0 Å². The van der Waals surface area contributed by atoms with Crippen LogP contribution in [0.15, 0.2) is 29.8 Å². The van der Waals surface area contributed by atoms with E-state index in [0.29, 0.717) is 11.7 Å². The highest BCUT2D eigenvalue weighted by atomic mass is 127. The molecule has 2 fully saturated rings. The molecule has 0 radical (unpaired) electrons. The van der Waals surface area contributed by atoms with E-state index >= 15 is 0 Å². The molecule has 0 aliphatic heterocycles. The number of benzene rings is 1. The fraction of sp³-hybridized carbons (Fsp3) is 0.526. The van der Waals surface area contributed by atoms with Gasteiger partial charge in [0.05, 0.1) is 6.10 Å². The summed E-state index contributed by atoms with van der Waals surface area (Å²) < 4.78 is 1.19. The number of fused-ring (bicyclic) bond motifs is 1. The van der Waals surface area contributed by atoms with Crippen LogP contribution in [0.25, 0.3) is 6.08 Å². The first kappa shape index (κ1) is 16.2. The van der Waals surface area contributed by atoms with Crippen LogP contribution in [-0.2, 0) is 4.79 Å². The van der Waals surface area contributed by atoms with Crippen LogP contribution in [0.1, 0.15) is 45.1 Å². The SMILES string of the molecule is C[C@@H]1C(O)CC[C@]2(C)C(=O)/C(=C\c3cccc(I)c3)CCC12. The van der Waals surface area contributed by atoms with Gasteiger partial charge in [0.15, 0.2) is 5.78 Å². The van der Waals surface area contributed by atoms with E-state index in [-0.39, 0.29) is 17.4 Å². The standard InChI is InChI=1S/C19H23IO2/c1-12-16-7-6-14(10-13-4-3-5-15(20)11-13)18(22)19(16,2)9-8-17(12)21/h3-5,10-12,16-17,21H,6-9H2,1-2H3/b14-10-/t12-,16?,17?,19-/m0/s1. The third-order valence-electron chi connectivity index (χ3n) is 5.74. The predicted octanol–water partition coefficient (Wildman–Crippen LogP) is 4.45. The van der Waals surface area contributed by atoms with E-state index in [1.807, 2.05) is 6.07 Å². The number of allylic oxidation sites excluding steroid dienone is 1. The summed E-state index contributed by atoms with van der Waals surface area (Å²) in [4.78, 5) is 13.1. The summed E-state index contributed by atoms with van der Waals surface area (Å²) in [6.45, 7) is 4.22. The van der Waals surface area contributed by atoms with Gasteiger partial charge >= 0.3 is 0 Å². The molecule has 2 unspecified atom stereocenters. The number of carbonyl (C=O) groups excluding carboxylic acids is 1. The lowest BCUT2D eigenvalue weighted by atomic mass is 9.55. The van der Waals surface area contributed by atoms with Crippen molar-refractivity contribution in [2.75, 3.05) is 0 Å². The molecule has 118 valence electrons. The van der Waals surface area contributed by atoms with Crippen molar-refractivity contribution in [2.45, 2.75) is 45.6 Å². The van der Waals surface area contributed by atoms with E-state index in [9.17, 15) is 9.90 Å². The van der Waals surface area contributed by atoms with Crippen LogP contribution in [0.2, 0.25) is 0 Å². The van der Waals surface area contributed by atoms with Crippen molar-refractivity contribution in [3.8, 4) is 0 Å². The highest BCUT2D eigenvalue weighted by molar-refractivity contribution is 14.1. The molecule has 0 bridgehead atoms.